The molecule has 0 saturated heterocycles. The highest BCUT2D eigenvalue weighted by atomic mass is 16.5. The van der Waals surface area contributed by atoms with Crippen molar-refractivity contribution in [3.63, 3.8) is 0 Å². The van der Waals surface area contributed by atoms with E-state index in [9.17, 15) is 19.5 Å². The van der Waals surface area contributed by atoms with Crippen LogP contribution in [0.3, 0.4) is 0 Å². The molecule has 21 heavy (non-hydrogen) atoms. The van der Waals surface area contributed by atoms with Crippen LogP contribution < -0.4 is 4.74 Å². The predicted molar refractivity (Wildman–Crippen MR) is 75.1 cm³/mol. The van der Waals surface area contributed by atoms with Crippen LogP contribution in [0, 0.1) is 5.92 Å². The van der Waals surface area contributed by atoms with Gasteiger partial charge < -0.3 is 9.84 Å². The zero-order valence-corrected chi connectivity index (χ0v) is 11.9. The molecule has 0 fully saturated rings. The quantitative estimate of drug-likeness (QED) is 0.474. The fourth-order valence-electron chi connectivity index (χ4n) is 2.54. The number of ketones is 1. The molecule has 1 aliphatic rings. The van der Waals surface area contributed by atoms with Crippen LogP contribution >= 0.6 is 0 Å². The molecule has 1 aromatic rings. The third-order valence-electron chi connectivity index (χ3n) is 3.70. The van der Waals surface area contributed by atoms with Crippen LogP contribution in [0.5, 0.6) is 5.75 Å². The minimum absolute atomic E-state index is 0.135. The number of carboxylic acid groups (broad SMARTS) is 1. The number of carbonyl (C=O) groups is 3. The van der Waals surface area contributed by atoms with E-state index in [-0.39, 0.29) is 12.2 Å². The van der Waals surface area contributed by atoms with Crippen molar-refractivity contribution in [2.24, 2.45) is 5.92 Å². The average molecular weight is 290 g/mol. The molecule has 0 aliphatic carbocycles. The van der Waals surface area contributed by atoms with E-state index in [4.69, 9.17) is 4.74 Å². The summed E-state index contributed by atoms with van der Waals surface area (Å²) in [5.41, 5.74) is 0.534. The molecule has 5 nitrogen and oxygen atoms in total. The Kier molecular flexibility index (Phi) is 4.73. The number of ether oxygens (including phenoxy) is 1. The number of aliphatic carboxylic acids is 1. The predicted octanol–water partition coefficient (Wildman–Crippen LogP) is 2.54. The van der Waals surface area contributed by atoms with Crippen molar-refractivity contribution in [1.29, 1.82) is 0 Å². The highest BCUT2D eigenvalue weighted by Gasteiger charge is 2.39. The Bertz CT molecular complexity index is 564. The summed E-state index contributed by atoms with van der Waals surface area (Å²) in [6.07, 6.45) is 1.92. The molecule has 0 spiro atoms. The van der Waals surface area contributed by atoms with E-state index in [1.165, 1.54) is 0 Å². The molecular weight excluding hydrogens is 272 g/mol. The first-order valence-electron chi connectivity index (χ1n) is 7.10. The monoisotopic (exact) mass is 290 g/mol. The maximum absolute atomic E-state index is 12.3. The molecule has 2 atom stereocenters. The summed E-state index contributed by atoms with van der Waals surface area (Å²) in [5, 5.41) is 9.18. The molecule has 0 saturated carbocycles. The van der Waals surface area contributed by atoms with Gasteiger partial charge in [-0.15, -0.1) is 0 Å². The summed E-state index contributed by atoms with van der Waals surface area (Å²) in [5.74, 6) is -3.31. The van der Waals surface area contributed by atoms with Gasteiger partial charge in [-0.25, -0.2) is 0 Å². The highest BCUT2D eigenvalue weighted by Crippen LogP contribution is 2.36. The highest BCUT2D eigenvalue weighted by molar-refractivity contribution is 6.08. The minimum atomic E-state index is -0.989. The third kappa shape index (κ3) is 3.29. The van der Waals surface area contributed by atoms with E-state index >= 15 is 0 Å². The fourth-order valence-corrected chi connectivity index (χ4v) is 2.54. The normalized spacial score (nSPS) is 18.0. The zero-order valence-electron chi connectivity index (χ0n) is 11.9. The molecule has 2 rings (SSSR count). The summed E-state index contributed by atoms with van der Waals surface area (Å²) in [7, 11) is 0. The van der Waals surface area contributed by atoms with Crippen LogP contribution in [0.2, 0.25) is 0 Å². The summed E-state index contributed by atoms with van der Waals surface area (Å²) in [4.78, 5) is 35.4. The number of hydrogen-bond acceptors (Lipinski definition) is 4. The molecule has 1 aromatic carbocycles. The molecule has 1 heterocycles. The summed E-state index contributed by atoms with van der Waals surface area (Å²) < 4.78 is 5.06. The second kappa shape index (κ2) is 6.52. The number of benzene rings is 1. The molecule has 2 unspecified atom stereocenters. The molecule has 0 bridgehead atoms. The number of para-hydroxylation sites is 1. The SMILES string of the molecule is CCCCC(CC(=O)C1C(=O)Oc2ccccc21)C(=O)O. The van der Waals surface area contributed by atoms with Gasteiger partial charge in [0.25, 0.3) is 0 Å². The van der Waals surface area contributed by atoms with Gasteiger partial charge in [0.2, 0.25) is 0 Å². The van der Waals surface area contributed by atoms with Crippen molar-refractivity contribution in [2.75, 3.05) is 0 Å². The number of rotatable bonds is 7. The number of carboxylic acids is 1. The molecule has 0 aromatic heterocycles. The third-order valence-corrected chi connectivity index (χ3v) is 3.70. The number of hydrogen-bond donors (Lipinski definition) is 1. The maximum atomic E-state index is 12.3. The zero-order chi connectivity index (χ0) is 15.4. The van der Waals surface area contributed by atoms with Crippen molar-refractivity contribution in [3.8, 4) is 5.75 Å². The van der Waals surface area contributed by atoms with E-state index in [0.29, 0.717) is 17.7 Å². The summed E-state index contributed by atoms with van der Waals surface area (Å²) in [6, 6.07) is 6.75. The van der Waals surface area contributed by atoms with E-state index in [1.807, 2.05) is 6.92 Å². The second-order valence-corrected chi connectivity index (χ2v) is 5.24. The Morgan fingerprint density at radius 3 is 2.71 bits per heavy atom. The Morgan fingerprint density at radius 2 is 2.05 bits per heavy atom. The van der Waals surface area contributed by atoms with E-state index in [1.54, 1.807) is 24.3 Å². The lowest BCUT2D eigenvalue weighted by molar-refractivity contribution is -0.146. The lowest BCUT2D eigenvalue weighted by Crippen LogP contribution is -2.25. The Morgan fingerprint density at radius 1 is 1.33 bits per heavy atom. The van der Waals surface area contributed by atoms with Crippen molar-refractivity contribution < 1.29 is 24.2 Å². The standard InChI is InChI=1S/C16H18O5/c1-2-3-6-10(15(18)19)9-12(17)14-11-7-4-5-8-13(11)21-16(14)20/h4-5,7-8,10,14H,2-3,6,9H2,1H3,(H,18,19). The van der Waals surface area contributed by atoms with E-state index in [0.717, 1.165) is 12.8 Å². The van der Waals surface area contributed by atoms with E-state index < -0.39 is 23.8 Å². The van der Waals surface area contributed by atoms with Gasteiger partial charge in [-0.1, -0.05) is 38.0 Å². The van der Waals surface area contributed by atoms with Gasteiger partial charge in [0.15, 0.2) is 5.78 Å². The average Bonchev–Trinajstić information content (AvgIpc) is 2.78. The molecular formula is C16H18O5. The van der Waals surface area contributed by atoms with E-state index in [2.05, 4.69) is 0 Å². The van der Waals surface area contributed by atoms with Gasteiger partial charge in [0.05, 0.1) is 5.92 Å². The minimum Gasteiger partial charge on any atom is -0.481 e. The number of esters is 1. The van der Waals surface area contributed by atoms with Crippen molar-refractivity contribution >= 4 is 17.7 Å². The Balaban J connectivity index is 2.12. The lowest BCUT2D eigenvalue weighted by atomic mass is 9.88. The van der Waals surface area contributed by atoms with Crippen molar-refractivity contribution in [2.45, 2.75) is 38.5 Å². The maximum Gasteiger partial charge on any atom is 0.326 e. The number of carbonyl (C=O) groups excluding carboxylic acids is 2. The number of Topliss-reactive ketones (excluding diaryl/α,β-unsaturated/α-hetero) is 1. The first kappa shape index (κ1) is 15.2. The first-order chi connectivity index (χ1) is 10.0. The smallest absolute Gasteiger partial charge is 0.326 e. The molecule has 1 aliphatic heterocycles. The molecule has 5 heteroatoms. The summed E-state index contributed by atoms with van der Waals surface area (Å²) >= 11 is 0. The largest absolute Gasteiger partial charge is 0.481 e. The van der Waals surface area contributed by atoms with Gasteiger partial charge in [0.1, 0.15) is 11.7 Å². The van der Waals surface area contributed by atoms with Gasteiger partial charge in [-0.05, 0) is 12.5 Å². The van der Waals surface area contributed by atoms with Gasteiger partial charge in [-0.2, -0.15) is 0 Å². The first-order valence-corrected chi connectivity index (χ1v) is 7.10. The van der Waals surface area contributed by atoms with Crippen LogP contribution in [-0.2, 0) is 14.4 Å². The lowest BCUT2D eigenvalue weighted by Gasteiger charge is -2.13. The van der Waals surface area contributed by atoms with Crippen molar-refractivity contribution in [1.82, 2.24) is 0 Å². The topological polar surface area (TPSA) is 80.7 Å². The van der Waals surface area contributed by atoms with Gasteiger partial charge in [0, 0.05) is 12.0 Å². The molecule has 0 amide bonds. The van der Waals surface area contributed by atoms with Gasteiger partial charge in [-0.3, -0.25) is 14.4 Å². The second-order valence-electron chi connectivity index (χ2n) is 5.24. The molecule has 0 radical (unpaired) electrons. The number of unbranched alkanes of at least 4 members (excludes halogenated alkanes) is 1. The number of fused-ring (bicyclic) bond motifs is 1. The van der Waals surface area contributed by atoms with Crippen LogP contribution in [0.15, 0.2) is 24.3 Å². The van der Waals surface area contributed by atoms with Gasteiger partial charge >= 0.3 is 11.9 Å². The van der Waals surface area contributed by atoms with Crippen LogP contribution in [-0.4, -0.2) is 22.8 Å². The van der Waals surface area contributed by atoms with Crippen LogP contribution in [0.1, 0.15) is 44.1 Å². The summed E-state index contributed by atoms with van der Waals surface area (Å²) in [6.45, 7) is 1.96. The fraction of sp³-hybridized carbons (Fsp3) is 0.438. The molecule has 112 valence electrons. The van der Waals surface area contributed by atoms with Crippen LogP contribution in [0.4, 0.5) is 0 Å². The molecule has 1 N–H and O–H groups in total. The Hall–Kier alpha value is -2.17. The van der Waals surface area contributed by atoms with Crippen LogP contribution in [0.25, 0.3) is 0 Å². The Labute approximate surface area is 122 Å². The van der Waals surface area contributed by atoms with Crippen molar-refractivity contribution in [3.05, 3.63) is 29.8 Å².